The van der Waals surface area contributed by atoms with E-state index >= 15 is 0 Å². The number of hydrogen-bond acceptors (Lipinski definition) is 5. The van der Waals surface area contributed by atoms with Crippen LogP contribution in [0.5, 0.6) is 0 Å². The number of rotatable bonds is 2. The maximum Gasteiger partial charge on any atom is 0.298 e. The van der Waals surface area contributed by atoms with E-state index in [1.165, 1.54) is 0 Å². The molecular weight excluding hydrogens is 322 g/mol. The second-order valence-corrected chi connectivity index (χ2v) is 7.31. The highest BCUT2D eigenvalue weighted by atomic mass is 35.5. The van der Waals surface area contributed by atoms with Gasteiger partial charge in [-0.2, -0.15) is 16.7 Å². The number of anilines is 1. The molecule has 4 rings (SSSR count). The Balaban J connectivity index is 1.42. The highest BCUT2D eigenvalue weighted by Crippen LogP contribution is 2.30. The second kappa shape index (κ2) is 5.66. The lowest BCUT2D eigenvalue weighted by Crippen LogP contribution is -2.56. The van der Waals surface area contributed by atoms with Crippen LogP contribution in [-0.2, 0) is 4.79 Å². The molecule has 0 aliphatic carbocycles. The van der Waals surface area contributed by atoms with E-state index in [-0.39, 0.29) is 11.8 Å². The Morgan fingerprint density at radius 1 is 1.32 bits per heavy atom. The fraction of sp³-hybridized carbons (Fsp3) is 0.467. The standard InChI is InChI=1S/C15H16ClN3O2S/c16-11-1-2-12-13(7-11)21-15(17-12)19-8-10(9-19)14(20)18-3-5-22-6-4-18/h1-2,7,10H,3-6,8-9H2. The van der Waals surface area contributed by atoms with E-state index in [0.717, 1.165) is 30.1 Å². The third-order valence-electron chi connectivity index (χ3n) is 4.16. The molecule has 0 saturated carbocycles. The topological polar surface area (TPSA) is 49.6 Å². The third kappa shape index (κ3) is 2.54. The number of carbonyl (C=O) groups is 1. The van der Waals surface area contributed by atoms with Crippen LogP contribution in [0, 0.1) is 5.92 Å². The van der Waals surface area contributed by atoms with E-state index in [9.17, 15) is 4.79 Å². The van der Waals surface area contributed by atoms with Crippen molar-refractivity contribution in [1.29, 1.82) is 0 Å². The smallest absolute Gasteiger partial charge is 0.298 e. The number of carbonyl (C=O) groups excluding carboxylic acids is 1. The number of benzene rings is 1. The van der Waals surface area contributed by atoms with Gasteiger partial charge < -0.3 is 14.2 Å². The molecule has 0 bridgehead atoms. The van der Waals surface area contributed by atoms with Gasteiger partial charge in [0.1, 0.15) is 5.52 Å². The third-order valence-corrected chi connectivity index (χ3v) is 5.34. The second-order valence-electron chi connectivity index (χ2n) is 5.65. The summed E-state index contributed by atoms with van der Waals surface area (Å²) in [4.78, 5) is 20.8. The van der Waals surface area contributed by atoms with Crippen molar-refractivity contribution in [2.45, 2.75) is 0 Å². The van der Waals surface area contributed by atoms with Crippen molar-refractivity contribution >= 4 is 46.4 Å². The number of oxazole rings is 1. The first-order chi connectivity index (χ1) is 10.7. The molecule has 2 aromatic rings. The van der Waals surface area contributed by atoms with Gasteiger partial charge in [-0.25, -0.2) is 0 Å². The van der Waals surface area contributed by atoms with Crippen LogP contribution < -0.4 is 4.90 Å². The summed E-state index contributed by atoms with van der Waals surface area (Å²) in [6.07, 6.45) is 0. The van der Waals surface area contributed by atoms with Gasteiger partial charge in [0.05, 0.1) is 5.92 Å². The Labute approximate surface area is 137 Å². The summed E-state index contributed by atoms with van der Waals surface area (Å²) in [6.45, 7) is 3.12. The lowest BCUT2D eigenvalue weighted by atomic mass is 9.99. The number of hydrogen-bond donors (Lipinski definition) is 0. The number of amides is 1. The van der Waals surface area contributed by atoms with Crippen molar-refractivity contribution in [1.82, 2.24) is 9.88 Å². The quantitative estimate of drug-likeness (QED) is 0.842. The van der Waals surface area contributed by atoms with Crippen LogP contribution in [0.4, 0.5) is 6.01 Å². The summed E-state index contributed by atoms with van der Waals surface area (Å²) in [6, 6.07) is 5.99. The normalized spacial score (nSPS) is 19.5. The molecular formula is C15H16ClN3O2S. The molecule has 1 aromatic carbocycles. The lowest BCUT2D eigenvalue weighted by Gasteiger charge is -2.40. The Morgan fingerprint density at radius 2 is 2.09 bits per heavy atom. The molecule has 1 aromatic heterocycles. The minimum atomic E-state index is 0.0710. The van der Waals surface area contributed by atoms with Crippen LogP contribution in [-0.4, -0.2) is 53.5 Å². The van der Waals surface area contributed by atoms with Crippen LogP contribution >= 0.6 is 23.4 Å². The first kappa shape index (κ1) is 14.2. The van der Waals surface area contributed by atoms with Gasteiger partial charge in [0, 0.05) is 48.8 Å². The molecule has 22 heavy (non-hydrogen) atoms. The number of fused-ring (bicyclic) bond motifs is 1. The SMILES string of the molecule is O=C(C1CN(c2nc3ccc(Cl)cc3o2)C1)N1CCSCC1. The molecule has 2 aliphatic heterocycles. The highest BCUT2D eigenvalue weighted by molar-refractivity contribution is 7.99. The first-order valence-electron chi connectivity index (χ1n) is 7.38. The number of halogens is 1. The van der Waals surface area contributed by atoms with Gasteiger partial charge in [0.25, 0.3) is 6.01 Å². The van der Waals surface area contributed by atoms with Gasteiger partial charge in [-0.3, -0.25) is 4.79 Å². The van der Waals surface area contributed by atoms with E-state index in [1.807, 2.05) is 27.6 Å². The zero-order chi connectivity index (χ0) is 15.1. The molecule has 7 heteroatoms. The van der Waals surface area contributed by atoms with Crippen molar-refractivity contribution in [3.63, 3.8) is 0 Å². The Kier molecular flexibility index (Phi) is 3.66. The zero-order valence-electron chi connectivity index (χ0n) is 12.0. The van der Waals surface area contributed by atoms with E-state index in [4.69, 9.17) is 16.0 Å². The number of nitrogens with zero attached hydrogens (tertiary/aromatic N) is 3. The van der Waals surface area contributed by atoms with Crippen molar-refractivity contribution in [3.05, 3.63) is 23.2 Å². The summed E-state index contributed by atoms with van der Waals surface area (Å²) in [5.74, 6) is 2.44. The summed E-state index contributed by atoms with van der Waals surface area (Å²) >= 11 is 7.87. The molecule has 0 spiro atoms. The monoisotopic (exact) mass is 337 g/mol. The van der Waals surface area contributed by atoms with Crippen molar-refractivity contribution in [2.24, 2.45) is 5.92 Å². The Morgan fingerprint density at radius 3 is 2.86 bits per heavy atom. The molecule has 0 unspecified atom stereocenters. The Bertz CT molecular complexity index is 708. The van der Waals surface area contributed by atoms with Crippen molar-refractivity contribution in [2.75, 3.05) is 42.6 Å². The van der Waals surface area contributed by atoms with Gasteiger partial charge in [-0.15, -0.1) is 0 Å². The molecule has 2 saturated heterocycles. The summed E-state index contributed by atoms with van der Waals surface area (Å²) in [5, 5.41) is 0.634. The fourth-order valence-electron chi connectivity index (χ4n) is 2.85. The average molecular weight is 338 g/mol. The summed E-state index contributed by atoms with van der Waals surface area (Å²) < 4.78 is 5.73. The molecule has 0 radical (unpaired) electrons. The Hall–Kier alpha value is -1.40. The molecule has 116 valence electrons. The molecule has 3 heterocycles. The van der Waals surface area contributed by atoms with Crippen molar-refractivity contribution < 1.29 is 9.21 Å². The minimum absolute atomic E-state index is 0.0710. The van der Waals surface area contributed by atoms with E-state index < -0.39 is 0 Å². The fourth-order valence-corrected chi connectivity index (χ4v) is 3.92. The highest BCUT2D eigenvalue weighted by Gasteiger charge is 2.37. The molecule has 1 amide bonds. The van der Waals surface area contributed by atoms with Gasteiger partial charge in [-0.1, -0.05) is 11.6 Å². The minimum Gasteiger partial charge on any atom is -0.423 e. The van der Waals surface area contributed by atoms with Crippen LogP contribution in [0.3, 0.4) is 0 Å². The number of aromatic nitrogens is 1. The molecule has 0 N–H and O–H groups in total. The predicted molar refractivity (Wildman–Crippen MR) is 88.6 cm³/mol. The first-order valence-corrected chi connectivity index (χ1v) is 8.91. The molecule has 2 fully saturated rings. The van der Waals surface area contributed by atoms with E-state index in [1.54, 1.807) is 12.1 Å². The maximum absolute atomic E-state index is 12.4. The van der Waals surface area contributed by atoms with Gasteiger partial charge in [0.2, 0.25) is 5.91 Å². The number of thioether (sulfide) groups is 1. The van der Waals surface area contributed by atoms with Crippen LogP contribution in [0.1, 0.15) is 0 Å². The van der Waals surface area contributed by atoms with E-state index in [2.05, 4.69) is 4.98 Å². The maximum atomic E-state index is 12.4. The largest absolute Gasteiger partial charge is 0.423 e. The van der Waals surface area contributed by atoms with E-state index in [0.29, 0.717) is 29.7 Å². The van der Waals surface area contributed by atoms with Gasteiger partial charge in [-0.05, 0) is 12.1 Å². The molecule has 0 atom stereocenters. The van der Waals surface area contributed by atoms with Gasteiger partial charge in [0.15, 0.2) is 5.58 Å². The molecule has 5 nitrogen and oxygen atoms in total. The van der Waals surface area contributed by atoms with Crippen molar-refractivity contribution in [3.8, 4) is 0 Å². The predicted octanol–water partition coefficient (Wildman–Crippen LogP) is 2.49. The van der Waals surface area contributed by atoms with Crippen LogP contribution in [0.25, 0.3) is 11.1 Å². The average Bonchev–Trinajstić information content (AvgIpc) is 2.89. The summed E-state index contributed by atoms with van der Waals surface area (Å²) in [5.41, 5.74) is 1.48. The van der Waals surface area contributed by atoms with Crippen LogP contribution in [0.2, 0.25) is 5.02 Å². The molecule has 2 aliphatic rings. The zero-order valence-corrected chi connectivity index (χ0v) is 13.6. The van der Waals surface area contributed by atoms with Crippen LogP contribution in [0.15, 0.2) is 22.6 Å². The summed E-state index contributed by atoms with van der Waals surface area (Å²) in [7, 11) is 0. The lowest BCUT2D eigenvalue weighted by molar-refractivity contribution is -0.136. The van der Waals surface area contributed by atoms with Gasteiger partial charge >= 0.3 is 0 Å².